The van der Waals surface area contributed by atoms with Crippen molar-refractivity contribution in [3.05, 3.63) is 105 Å². The number of carbonyl (C=O) groups excluding carboxylic acids is 4. The number of imidazole rings is 2. The maximum Gasteiger partial charge on any atom is 0.407 e. The van der Waals surface area contributed by atoms with Gasteiger partial charge in [0.1, 0.15) is 37.5 Å². The molecule has 28 heteroatoms. The number of hydrogen-bond acceptors (Lipinski definition) is 19. The molecular weight excluding hydrogens is 1100 g/mol. The SMILES string of the molecule is CC[C@H]1O[C@@H](n2cnc3c(=O)[nH]c(NC(=O)C(C)C)nc32)[C@H](NC(=O)OCc2ccccc2)[C@@H]1O.CC[C@H]1O[C@@H](n2cnc3c(=O)[nH]c(NC(=O)C(C)C)nc32)[C@H](NC(=O)OCc2ccccc2)[C@@H]1OP(OCCC#N)N(C(C)C)C(C)C. The van der Waals surface area contributed by atoms with Crippen LogP contribution < -0.4 is 32.4 Å². The first-order valence-corrected chi connectivity index (χ1v) is 28.6. The van der Waals surface area contributed by atoms with Crippen LogP contribution in [0.15, 0.2) is 82.9 Å². The quantitative estimate of drug-likeness (QED) is 0.0276. The van der Waals surface area contributed by atoms with E-state index in [0.29, 0.717) is 12.8 Å². The maximum atomic E-state index is 13.4. The summed E-state index contributed by atoms with van der Waals surface area (Å²) < 4.78 is 41.5. The molecule has 1 unspecified atom stereocenters. The Balaban J connectivity index is 0.000000250. The molecule has 8 rings (SSSR count). The van der Waals surface area contributed by atoms with Crippen molar-refractivity contribution in [2.75, 3.05) is 17.2 Å². The highest BCUT2D eigenvalue weighted by Crippen LogP contribution is 2.50. The second kappa shape index (κ2) is 29.0. The molecule has 7 N–H and O–H groups in total. The number of aromatic nitrogens is 8. The Kier molecular flexibility index (Phi) is 22.0. The van der Waals surface area contributed by atoms with Crippen molar-refractivity contribution < 1.29 is 52.3 Å². The second-order valence-electron chi connectivity index (χ2n) is 20.8. The molecule has 4 amide bonds. The number of hydrogen-bond donors (Lipinski definition) is 7. The third kappa shape index (κ3) is 15.7. The first kappa shape index (κ1) is 62.9. The van der Waals surface area contributed by atoms with Gasteiger partial charge in [0.25, 0.3) is 19.6 Å². The molecule has 2 fully saturated rings. The number of aromatic amines is 2. The van der Waals surface area contributed by atoms with Gasteiger partial charge in [0.2, 0.25) is 23.7 Å². The van der Waals surface area contributed by atoms with Gasteiger partial charge < -0.3 is 43.7 Å². The van der Waals surface area contributed by atoms with E-state index in [0.717, 1.165) is 11.1 Å². The van der Waals surface area contributed by atoms with Crippen LogP contribution in [-0.4, -0.2) is 128 Å². The van der Waals surface area contributed by atoms with Crippen molar-refractivity contribution in [2.24, 2.45) is 11.8 Å². The van der Waals surface area contributed by atoms with Gasteiger partial charge in [-0.05, 0) is 51.7 Å². The summed E-state index contributed by atoms with van der Waals surface area (Å²) in [5.74, 6) is -1.41. The fourth-order valence-corrected chi connectivity index (χ4v) is 10.9. The number of aliphatic hydroxyl groups is 1. The first-order valence-electron chi connectivity index (χ1n) is 27.5. The first-order chi connectivity index (χ1) is 39.7. The fourth-order valence-electron chi connectivity index (χ4n) is 9.13. The Labute approximate surface area is 480 Å². The largest absolute Gasteiger partial charge is 0.445 e. The number of benzene rings is 2. The van der Waals surface area contributed by atoms with Gasteiger partial charge in [-0.25, -0.2) is 24.2 Å². The Morgan fingerprint density at radius 3 is 1.59 bits per heavy atom. The second-order valence-corrected chi connectivity index (χ2v) is 22.2. The highest BCUT2D eigenvalue weighted by Gasteiger charge is 2.50. The molecule has 83 heavy (non-hydrogen) atoms. The Morgan fingerprint density at radius 1 is 0.711 bits per heavy atom. The maximum absolute atomic E-state index is 13.4. The van der Waals surface area contributed by atoms with Crippen LogP contribution in [0.25, 0.3) is 22.3 Å². The minimum absolute atomic E-state index is 0.0241. The summed E-state index contributed by atoms with van der Waals surface area (Å²) in [6.45, 7) is 19.0. The molecule has 446 valence electrons. The highest BCUT2D eigenvalue weighted by atomic mass is 31.2. The normalized spacial score (nSPS) is 20.8. The van der Waals surface area contributed by atoms with Gasteiger partial charge in [-0.15, -0.1) is 0 Å². The number of alkyl carbamates (subject to hydrolysis) is 2. The number of ether oxygens (including phenoxy) is 4. The van der Waals surface area contributed by atoms with Gasteiger partial charge in [-0.2, -0.15) is 15.2 Å². The number of nitrogens with zero attached hydrogens (tertiary/aromatic N) is 8. The summed E-state index contributed by atoms with van der Waals surface area (Å²) >= 11 is 0. The van der Waals surface area contributed by atoms with Crippen LogP contribution in [-0.2, 0) is 50.8 Å². The Bertz CT molecular complexity index is 3300. The lowest BCUT2D eigenvalue weighted by atomic mass is 10.1. The van der Waals surface area contributed by atoms with E-state index in [4.69, 9.17) is 28.0 Å². The van der Waals surface area contributed by atoms with Crippen LogP contribution in [0.4, 0.5) is 21.5 Å². The molecule has 0 aliphatic carbocycles. The van der Waals surface area contributed by atoms with Crippen molar-refractivity contribution in [3.8, 4) is 6.07 Å². The lowest BCUT2D eigenvalue weighted by Crippen LogP contribution is -2.48. The minimum Gasteiger partial charge on any atom is -0.445 e. The third-order valence-corrected chi connectivity index (χ3v) is 15.5. The van der Waals surface area contributed by atoms with Gasteiger partial charge >= 0.3 is 12.2 Å². The van der Waals surface area contributed by atoms with Crippen LogP contribution in [0.5, 0.6) is 0 Å². The number of nitriles is 1. The zero-order valence-electron chi connectivity index (χ0n) is 48.0. The molecule has 9 atom stereocenters. The van der Waals surface area contributed by atoms with Crippen molar-refractivity contribution >= 4 is 66.8 Å². The number of H-pyrrole nitrogens is 2. The van der Waals surface area contributed by atoms with Gasteiger partial charge in [0.05, 0.1) is 44.0 Å². The van der Waals surface area contributed by atoms with Crippen molar-refractivity contribution in [3.63, 3.8) is 0 Å². The number of carbonyl (C=O) groups is 4. The zero-order valence-corrected chi connectivity index (χ0v) is 48.9. The molecule has 2 aliphatic rings. The predicted molar refractivity (Wildman–Crippen MR) is 305 cm³/mol. The Morgan fingerprint density at radius 2 is 1.16 bits per heavy atom. The van der Waals surface area contributed by atoms with E-state index in [-0.39, 0.29) is 96.2 Å². The van der Waals surface area contributed by atoms with Crippen LogP contribution in [0.3, 0.4) is 0 Å². The standard InChI is InChI=1S/C32H45N8O7P.C23H28N6O6/c1-8-23-26(47-48(45-16-12-15-33)40(20(4)5)21(6)7)24(35-32(43)44-17-22-13-10-9-11-14-22)30(46-23)39-18-34-25-27(39)36-31(38-29(25)42)37-28(41)19(2)3;1-4-14-17(30)15(25-23(33)34-10-13-8-6-5-7-9-13)21(35-14)29-11-24-16-18(29)26-22(28-20(16)32)27-19(31)12(2)3/h9-11,13-14,18-21,23-24,26,30H,8,12,16-17H2,1-7H3,(H,35,43)(H2,36,37,38,41,42);5-9,11-12,14-15,17,21,30H,4,10H2,1-3H3,(H,25,33)(H2,26,27,28,31,32)/t23-,24-,26-,30-,48?;14-,15-,17-,21-/m11/s1. The number of anilines is 2. The minimum atomic E-state index is -1.72. The molecule has 6 heterocycles. The van der Waals surface area contributed by atoms with E-state index in [1.54, 1.807) is 32.3 Å². The number of fused-ring (bicyclic) bond motifs is 2. The van der Waals surface area contributed by atoms with E-state index >= 15 is 0 Å². The molecule has 0 spiro atoms. The lowest BCUT2D eigenvalue weighted by molar-refractivity contribution is -0.119. The topological polar surface area (TPSA) is 346 Å². The van der Waals surface area contributed by atoms with Crippen molar-refractivity contribution in [2.45, 2.75) is 163 Å². The lowest BCUT2D eigenvalue weighted by Gasteiger charge is -2.38. The van der Waals surface area contributed by atoms with Gasteiger partial charge in [-0.1, -0.05) is 102 Å². The molecule has 0 radical (unpaired) electrons. The Hall–Kier alpha value is -7.70. The zero-order chi connectivity index (χ0) is 60.1. The van der Waals surface area contributed by atoms with E-state index in [1.807, 2.05) is 102 Å². The predicted octanol–water partition coefficient (Wildman–Crippen LogP) is 6.66. The van der Waals surface area contributed by atoms with Gasteiger partial charge in [-0.3, -0.25) is 48.9 Å². The number of aliphatic hydroxyl groups excluding tert-OH is 1. The van der Waals surface area contributed by atoms with E-state index in [2.05, 4.69) is 61.9 Å². The summed E-state index contributed by atoms with van der Waals surface area (Å²) in [6, 6.07) is 18.9. The summed E-state index contributed by atoms with van der Waals surface area (Å²) in [6.07, 6.45) is -2.32. The van der Waals surface area contributed by atoms with Crippen LogP contribution in [0, 0.1) is 23.2 Å². The summed E-state index contributed by atoms with van der Waals surface area (Å²) in [5, 5.41) is 30.8. The molecule has 0 saturated carbocycles. The smallest absolute Gasteiger partial charge is 0.407 e. The van der Waals surface area contributed by atoms with Crippen molar-refractivity contribution in [1.29, 1.82) is 5.26 Å². The van der Waals surface area contributed by atoms with Gasteiger partial charge in [0.15, 0.2) is 34.8 Å². The molecule has 27 nitrogen and oxygen atoms in total. The average Bonchev–Trinajstić information content (AvgIpc) is 4.28. The summed E-state index contributed by atoms with van der Waals surface area (Å²) in [7, 11) is -1.72. The summed E-state index contributed by atoms with van der Waals surface area (Å²) in [5.41, 5.74) is 0.839. The molecule has 2 saturated heterocycles. The van der Waals surface area contributed by atoms with Crippen LogP contribution in [0.2, 0.25) is 0 Å². The van der Waals surface area contributed by atoms with E-state index < -0.39 is 80.8 Å². The van der Waals surface area contributed by atoms with Crippen LogP contribution in [0.1, 0.15) is 112 Å². The van der Waals surface area contributed by atoms with Gasteiger partial charge in [0, 0.05) is 23.9 Å². The fraction of sp³-hybridized carbons (Fsp3) is 0.509. The van der Waals surface area contributed by atoms with E-state index in [1.165, 1.54) is 17.2 Å². The highest BCUT2D eigenvalue weighted by molar-refractivity contribution is 7.44. The number of rotatable bonds is 22. The van der Waals surface area contributed by atoms with Crippen LogP contribution >= 0.6 is 8.53 Å². The third-order valence-electron chi connectivity index (χ3n) is 13.3. The molecule has 2 aliphatic heterocycles. The monoisotopic (exact) mass is 1170 g/mol. The van der Waals surface area contributed by atoms with Crippen molar-refractivity contribution in [1.82, 2.24) is 54.3 Å². The number of nitrogens with one attached hydrogen (secondary N) is 6. The molecule has 0 bridgehead atoms. The molecule has 2 aromatic carbocycles. The van der Waals surface area contributed by atoms with E-state index in [9.17, 15) is 39.1 Å². The average molecular weight is 1170 g/mol. The number of amides is 4. The molecular formula is C55H73N14O13P. The molecule has 6 aromatic rings. The summed E-state index contributed by atoms with van der Waals surface area (Å²) in [4.78, 5) is 98.3. The molecule has 4 aromatic heterocycles.